The number of carbonyl (C=O) groups is 1. The number of hydrogen-bond acceptors (Lipinski definition) is 3. The second kappa shape index (κ2) is 7.91. The molecule has 2 heterocycles. The molecule has 0 bridgehead atoms. The lowest BCUT2D eigenvalue weighted by atomic mass is 10.0. The molecule has 0 aliphatic heterocycles. The first-order valence-corrected chi connectivity index (χ1v) is 10.4. The first-order valence-electron chi connectivity index (χ1n) is 10.4. The van der Waals surface area contributed by atoms with E-state index in [9.17, 15) is 9.59 Å². The van der Waals surface area contributed by atoms with Gasteiger partial charge in [-0.15, -0.1) is 0 Å². The van der Waals surface area contributed by atoms with Crippen LogP contribution in [0, 0.1) is 12.8 Å². The predicted molar refractivity (Wildman–Crippen MR) is 124 cm³/mol. The van der Waals surface area contributed by atoms with Gasteiger partial charge in [0.05, 0.1) is 22.4 Å². The number of amides is 1. The van der Waals surface area contributed by atoms with Crippen molar-refractivity contribution in [3.05, 3.63) is 58.5 Å². The Bertz CT molecular complexity index is 1340. The molecule has 0 atom stereocenters. The third-order valence-corrected chi connectivity index (χ3v) is 5.27. The van der Waals surface area contributed by atoms with Gasteiger partial charge in [-0.3, -0.25) is 19.2 Å². The molecule has 4 aromatic rings. The number of rotatable bonds is 5. The molecule has 4 rings (SSSR count). The Hall–Kier alpha value is -3.61. The van der Waals surface area contributed by atoms with E-state index in [0.717, 1.165) is 39.1 Å². The first kappa shape index (κ1) is 20.7. The molecule has 0 radical (unpaired) electrons. The standard InChI is InChI=1S/C24H27N5O2/c1-14(2)13-29-19-10-9-18(12-20(19)28(5)24(29)31)22-21(17-8-6-7-15(3)11-17)26-23(27-22)25-16(4)30/h6-12,14H,13H2,1-5H3,(H2,25,26,27,30). The fourth-order valence-corrected chi connectivity index (χ4v) is 3.91. The summed E-state index contributed by atoms with van der Waals surface area (Å²) in [4.78, 5) is 32.3. The monoisotopic (exact) mass is 417 g/mol. The van der Waals surface area contributed by atoms with Crippen LogP contribution in [0.3, 0.4) is 0 Å². The van der Waals surface area contributed by atoms with Gasteiger partial charge in [0.2, 0.25) is 11.9 Å². The summed E-state index contributed by atoms with van der Waals surface area (Å²) in [5.41, 5.74) is 6.25. The Morgan fingerprint density at radius 2 is 1.90 bits per heavy atom. The van der Waals surface area contributed by atoms with Crippen LogP contribution in [0.2, 0.25) is 0 Å². The van der Waals surface area contributed by atoms with Gasteiger partial charge < -0.3 is 4.98 Å². The lowest BCUT2D eigenvalue weighted by Gasteiger charge is -2.07. The van der Waals surface area contributed by atoms with E-state index < -0.39 is 0 Å². The topological polar surface area (TPSA) is 84.7 Å². The van der Waals surface area contributed by atoms with Crippen LogP contribution in [-0.2, 0) is 18.4 Å². The van der Waals surface area contributed by atoms with Gasteiger partial charge in [-0.05, 0) is 31.0 Å². The molecule has 7 nitrogen and oxygen atoms in total. The number of imidazole rings is 2. The molecule has 0 unspecified atom stereocenters. The Labute approximate surface area is 180 Å². The van der Waals surface area contributed by atoms with Gasteiger partial charge in [0.25, 0.3) is 0 Å². The second-order valence-electron chi connectivity index (χ2n) is 8.41. The highest BCUT2D eigenvalue weighted by Gasteiger charge is 2.18. The normalized spacial score (nSPS) is 11.4. The van der Waals surface area contributed by atoms with Gasteiger partial charge in [-0.2, -0.15) is 0 Å². The Balaban J connectivity index is 1.90. The van der Waals surface area contributed by atoms with Gasteiger partial charge >= 0.3 is 5.69 Å². The number of aromatic amines is 1. The third kappa shape index (κ3) is 3.91. The Morgan fingerprint density at radius 1 is 1.13 bits per heavy atom. The summed E-state index contributed by atoms with van der Waals surface area (Å²) in [5, 5.41) is 2.74. The second-order valence-corrected chi connectivity index (χ2v) is 8.41. The van der Waals surface area contributed by atoms with Crippen molar-refractivity contribution >= 4 is 22.9 Å². The van der Waals surface area contributed by atoms with Crippen LogP contribution in [0.5, 0.6) is 0 Å². The number of anilines is 1. The van der Waals surface area contributed by atoms with E-state index >= 15 is 0 Å². The van der Waals surface area contributed by atoms with Crippen LogP contribution in [0.15, 0.2) is 47.3 Å². The molecule has 0 aliphatic rings. The quantitative estimate of drug-likeness (QED) is 0.507. The van der Waals surface area contributed by atoms with Crippen LogP contribution in [0.25, 0.3) is 33.5 Å². The van der Waals surface area contributed by atoms with Crippen LogP contribution < -0.4 is 11.0 Å². The minimum absolute atomic E-state index is 0.0247. The maximum atomic E-state index is 12.8. The van der Waals surface area contributed by atoms with Crippen molar-refractivity contribution in [1.29, 1.82) is 0 Å². The summed E-state index contributed by atoms with van der Waals surface area (Å²) in [7, 11) is 1.79. The minimum atomic E-state index is -0.195. The van der Waals surface area contributed by atoms with E-state index in [4.69, 9.17) is 0 Å². The van der Waals surface area contributed by atoms with Crippen molar-refractivity contribution < 1.29 is 4.79 Å². The molecule has 0 fully saturated rings. The van der Waals surface area contributed by atoms with Gasteiger partial charge in [0.15, 0.2) is 0 Å². The smallest absolute Gasteiger partial charge is 0.323 e. The molecule has 160 valence electrons. The zero-order chi connectivity index (χ0) is 22.3. The number of benzene rings is 2. The van der Waals surface area contributed by atoms with E-state index in [1.54, 1.807) is 11.6 Å². The first-order chi connectivity index (χ1) is 14.7. The number of hydrogen-bond donors (Lipinski definition) is 2. The Morgan fingerprint density at radius 3 is 2.58 bits per heavy atom. The number of nitrogens with one attached hydrogen (secondary N) is 2. The fourth-order valence-electron chi connectivity index (χ4n) is 3.91. The zero-order valence-electron chi connectivity index (χ0n) is 18.5. The van der Waals surface area contributed by atoms with Crippen LogP contribution >= 0.6 is 0 Å². The summed E-state index contributed by atoms with van der Waals surface area (Å²) in [5.74, 6) is 0.564. The largest absolute Gasteiger partial charge is 0.328 e. The van der Waals surface area contributed by atoms with Gasteiger partial charge in [-0.1, -0.05) is 43.7 Å². The lowest BCUT2D eigenvalue weighted by molar-refractivity contribution is -0.114. The molecule has 31 heavy (non-hydrogen) atoms. The number of nitrogens with zero attached hydrogens (tertiary/aromatic N) is 3. The van der Waals surface area contributed by atoms with E-state index in [1.807, 2.05) is 47.9 Å². The fraction of sp³-hybridized carbons (Fsp3) is 0.292. The predicted octanol–water partition coefficient (Wildman–Crippen LogP) is 4.32. The van der Waals surface area contributed by atoms with Gasteiger partial charge in [0, 0.05) is 31.6 Å². The molecule has 0 saturated heterocycles. The maximum absolute atomic E-state index is 12.8. The zero-order valence-corrected chi connectivity index (χ0v) is 18.5. The minimum Gasteiger partial charge on any atom is -0.323 e. The van der Waals surface area contributed by atoms with Crippen LogP contribution in [0.4, 0.5) is 5.95 Å². The highest BCUT2D eigenvalue weighted by molar-refractivity contribution is 5.90. The third-order valence-electron chi connectivity index (χ3n) is 5.27. The number of aromatic nitrogens is 4. The SMILES string of the molecule is CC(=O)Nc1nc(-c2cccc(C)c2)c(-c2ccc3c(c2)n(C)c(=O)n3CC(C)C)[nH]1. The summed E-state index contributed by atoms with van der Waals surface area (Å²) >= 11 is 0. The highest BCUT2D eigenvalue weighted by Crippen LogP contribution is 2.33. The van der Waals surface area contributed by atoms with Crippen molar-refractivity contribution in [2.45, 2.75) is 34.2 Å². The number of carbonyl (C=O) groups excluding carboxylic acids is 1. The average molecular weight is 418 g/mol. The van der Waals surface area contributed by atoms with E-state index in [2.05, 4.69) is 35.2 Å². The summed E-state index contributed by atoms with van der Waals surface area (Å²) in [6.45, 7) is 8.35. The van der Waals surface area contributed by atoms with Crippen molar-refractivity contribution in [3.63, 3.8) is 0 Å². The molecule has 7 heteroatoms. The van der Waals surface area contributed by atoms with Crippen molar-refractivity contribution in [1.82, 2.24) is 19.1 Å². The van der Waals surface area contributed by atoms with Crippen molar-refractivity contribution in [2.75, 3.05) is 5.32 Å². The van der Waals surface area contributed by atoms with Crippen molar-refractivity contribution in [2.24, 2.45) is 13.0 Å². The van der Waals surface area contributed by atoms with Crippen molar-refractivity contribution in [3.8, 4) is 22.5 Å². The van der Waals surface area contributed by atoms with Crippen LogP contribution in [-0.4, -0.2) is 25.0 Å². The lowest BCUT2D eigenvalue weighted by Crippen LogP contribution is -2.24. The summed E-state index contributed by atoms with van der Waals surface area (Å²) in [6, 6.07) is 14.0. The van der Waals surface area contributed by atoms with Gasteiger partial charge in [-0.25, -0.2) is 9.78 Å². The molecule has 1 amide bonds. The van der Waals surface area contributed by atoms with E-state index in [0.29, 0.717) is 18.4 Å². The molecular weight excluding hydrogens is 390 g/mol. The van der Waals surface area contributed by atoms with E-state index in [-0.39, 0.29) is 11.6 Å². The summed E-state index contributed by atoms with van der Waals surface area (Å²) < 4.78 is 3.50. The molecule has 2 aromatic carbocycles. The van der Waals surface area contributed by atoms with E-state index in [1.165, 1.54) is 6.92 Å². The molecule has 0 spiro atoms. The number of H-pyrrole nitrogens is 1. The Kier molecular flexibility index (Phi) is 5.27. The summed E-state index contributed by atoms with van der Waals surface area (Å²) in [6.07, 6.45) is 0. The van der Waals surface area contributed by atoms with Gasteiger partial charge in [0.1, 0.15) is 0 Å². The highest BCUT2D eigenvalue weighted by atomic mass is 16.2. The number of fused-ring (bicyclic) bond motifs is 1. The maximum Gasteiger partial charge on any atom is 0.328 e. The number of aryl methyl sites for hydroxylation is 2. The van der Waals surface area contributed by atoms with Crippen LogP contribution in [0.1, 0.15) is 26.3 Å². The average Bonchev–Trinajstić information content (AvgIpc) is 3.22. The molecule has 2 aromatic heterocycles. The molecule has 0 saturated carbocycles. The molecule has 2 N–H and O–H groups in total. The molecule has 0 aliphatic carbocycles. The molecular formula is C24H27N5O2.